The highest BCUT2D eigenvalue weighted by molar-refractivity contribution is 5.96. The summed E-state index contributed by atoms with van der Waals surface area (Å²) < 4.78 is 64.9. The van der Waals surface area contributed by atoms with Crippen molar-refractivity contribution >= 4 is 11.6 Å². The number of amides is 1. The molecule has 0 aliphatic carbocycles. The van der Waals surface area contributed by atoms with Gasteiger partial charge in [0, 0.05) is 0 Å². The summed E-state index contributed by atoms with van der Waals surface area (Å²) in [4.78, 5) is 11.5. The molecule has 1 N–H and O–H groups in total. The average molecular weight is 278 g/mol. The van der Waals surface area contributed by atoms with Gasteiger partial charge in [-0.15, -0.1) is 0 Å². The van der Waals surface area contributed by atoms with Crippen molar-refractivity contribution in [3.8, 4) is 6.07 Å². The van der Waals surface area contributed by atoms with E-state index in [0.29, 0.717) is 0 Å². The van der Waals surface area contributed by atoms with E-state index in [0.717, 1.165) is 13.8 Å². The van der Waals surface area contributed by atoms with E-state index in [1.165, 1.54) is 11.4 Å². The summed E-state index contributed by atoms with van der Waals surface area (Å²) in [5, 5.41) is 10.1. The van der Waals surface area contributed by atoms with Crippen LogP contribution in [-0.2, 0) is 4.79 Å². The number of hydrogen-bond donors (Lipinski definition) is 1. The number of hydrogen-bond acceptors (Lipinski definition) is 2. The Morgan fingerprint density at radius 3 is 1.74 bits per heavy atom. The van der Waals surface area contributed by atoms with E-state index in [4.69, 9.17) is 5.26 Å². The minimum atomic E-state index is -2.33. The van der Waals surface area contributed by atoms with E-state index < -0.39 is 46.1 Å². The zero-order valence-electron chi connectivity index (χ0n) is 9.75. The topological polar surface area (TPSA) is 52.9 Å². The molecule has 0 saturated heterocycles. The number of nitrogens with one attached hydrogen (secondary N) is 1. The predicted molar refractivity (Wildman–Crippen MR) is 54.3 cm³/mol. The summed E-state index contributed by atoms with van der Waals surface area (Å²) >= 11 is 0. The maximum absolute atomic E-state index is 13.2. The summed E-state index contributed by atoms with van der Waals surface area (Å²) in [6.45, 7) is 2.24. The molecule has 0 aliphatic heterocycles. The molecule has 0 heterocycles. The van der Waals surface area contributed by atoms with Gasteiger partial charge in [0.25, 0.3) is 0 Å². The predicted octanol–water partition coefficient (Wildman–Crippen LogP) is 2.87. The fourth-order valence-electron chi connectivity index (χ4n) is 1.04. The van der Waals surface area contributed by atoms with Gasteiger partial charge in [0.2, 0.25) is 11.7 Å². The SMILES string of the molecule is CC(C)(C#N)C(=O)Nc1c(F)c(F)c(F)c(F)c1F. The van der Waals surface area contributed by atoms with Gasteiger partial charge >= 0.3 is 0 Å². The van der Waals surface area contributed by atoms with Gasteiger partial charge in [0.1, 0.15) is 11.1 Å². The smallest absolute Gasteiger partial charge is 0.244 e. The summed E-state index contributed by atoms with van der Waals surface area (Å²) in [5.74, 6) is -12.2. The van der Waals surface area contributed by atoms with Gasteiger partial charge < -0.3 is 5.32 Å². The van der Waals surface area contributed by atoms with Gasteiger partial charge in [-0.1, -0.05) is 0 Å². The molecular weight excluding hydrogens is 271 g/mol. The highest BCUT2D eigenvalue weighted by Gasteiger charge is 2.32. The zero-order chi connectivity index (χ0) is 15.0. The summed E-state index contributed by atoms with van der Waals surface area (Å²) in [5.41, 5.74) is -3.18. The number of rotatable bonds is 2. The molecule has 8 heteroatoms. The van der Waals surface area contributed by atoms with Crippen LogP contribution in [0.5, 0.6) is 0 Å². The minimum absolute atomic E-state index is 1.12. The Bertz CT molecular complexity index is 563. The molecule has 1 aromatic rings. The number of carbonyl (C=O) groups is 1. The third-order valence-electron chi connectivity index (χ3n) is 2.30. The molecule has 0 atom stereocenters. The maximum Gasteiger partial charge on any atom is 0.244 e. The molecule has 0 aromatic heterocycles. The average Bonchev–Trinajstić information content (AvgIpc) is 2.38. The van der Waals surface area contributed by atoms with E-state index in [-0.39, 0.29) is 0 Å². The lowest BCUT2D eigenvalue weighted by Crippen LogP contribution is -2.30. The van der Waals surface area contributed by atoms with Crippen LogP contribution in [0.25, 0.3) is 0 Å². The molecule has 0 bridgehead atoms. The molecule has 0 unspecified atom stereocenters. The van der Waals surface area contributed by atoms with E-state index >= 15 is 0 Å². The summed E-state index contributed by atoms with van der Waals surface area (Å²) in [6, 6.07) is 1.52. The Balaban J connectivity index is 3.32. The van der Waals surface area contributed by atoms with Gasteiger partial charge in [0.05, 0.1) is 6.07 Å². The second-order valence-corrected chi connectivity index (χ2v) is 4.14. The number of anilines is 1. The molecular formula is C11H7F5N2O. The van der Waals surface area contributed by atoms with E-state index in [1.807, 2.05) is 0 Å². The quantitative estimate of drug-likeness (QED) is 0.514. The first-order chi connectivity index (χ1) is 8.63. The number of halogens is 5. The molecule has 0 spiro atoms. The van der Waals surface area contributed by atoms with Crippen LogP contribution < -0.4 is 5.32 Å². The standard InChI is InChI=1S/C11H7F5N2O/c1-11(2,3-17)10(19)18-9-7(15)5(13)4(12)6(14)8(9)16/h1-2H3,(H,18,19). The van der Waals surface area contributed by atoms with Crippen molar-refractivity contribution in [1.29, 1.82) is 5.26 Å². The fraction of sp³-hybridized carbons (Fsp3) is 0.273. The summed E-state index contributed by atoms with van der Waals surface area (Å²) in [7, 11) is 0. The normalized spacial score (nSPS) is 11.1. The third kappa shape index (κ3) is 2.50. The lowest BCUT2D eigenvalue weighted by Gasteiger charge is -2.16. The lowest BCUT2D eigenvalue weighted by atomic mass is 9.94. The molecule has 1 aromatic carbocycles. The van der Waals surface area contributed by atoms with Crippen LogP contribution in [0.4, 0.5) is 27.6 Å². The highest BCUT2D eigenvalue weighted by Crippen LogP contribution is 2.28. The first kappa shape index (κ1) is 14.9. The molecule has 1 rings (SSSR count). The van der Waals surface area contributed by atoms with Crippen molar-refractivity contribution in [2.45, 2.75) is 13.8 Å². The first-order valence-electron chi connectivity index (χ1n) is 4.87. The van der Waals surface area contributed by atoms with E-state index in [1.54, 1.807) is 0 Å². The largest absolute Gasteiger partial charge is 0.320 e. The van der Waals surface area contributed by atoms with Crippen LogP contribution >= 0.6 is 0 Å². The molecule has 1 amide bonds. The molecule has 3 nitrogen and oxygen atoms in total. The molecule has 0 aliphatic rings. The maximum atomic E-state index is 13.2. The number of nitrogens with zero attached hydrogens (tertiary/aromatic N) is 1. The third-order valence-corrected chi connectivity index (χ3v) is 2.30. The van der Waals surface area contributed by atoms with Crippen LogP contribution in [0.15, 0.2) is 0 Å². The van der Waals surface area contributed by atoms with E-state index in [2.05, 4.69) is 0 Å². The van der Waals surface area contributed by atoms with Crippen molar-refractivity contribution in [3.63, 3.8) is 0 Å². The fourth-order valence-corrected chi connectivity index (χ4v) is 1.04. The Kier molecular flexibility index (Phi) is 3.79. The van der Waals surface area contributed by atoms with Crippen LogP contribution in [-0.4, -0.2) is 5.91 Å². The number of nitriles is 1. The van der Waals surface area contributed by atoms with Gasteiger partial charge in [0.15, 0.2) is 23.3 Å². The van der Waals surface area contributed by atoms with Crippen LogP contribution in [0.2, 0.25) is 0 Å². The molecule has 0 radical (unpaired) electrons. The van der Waals surface area contributed by atoms with Crippen molar-refractivity contribution in [1.82, 2.24) is 0 Å². The highest BCUT2D eigenvalue weighted by atomic mass is 19.2. The van der Waals surface area contributed by atoms with Crippen molar-refractivity contribution in [2.24, 2.45) is 5.41 Å². The number of benzene rings is 1. The van der Waals surface area contributed by atoms with Gasteiger partial charge in [-0.3, -0.25) is 4.79 Å². The minimum Gasteiger partial charge on any atom is -0.320 e. The van der Waals surface area contributed by atoms with Crippen LogP contribution in [0.3, 0.4) is 0 Å². The molecule has 19 heavy (non-hydrogen) atoms. The monoisotopic (exact) mass is 278 g/mol. The van der Waals surface area contributed by atoms with Gasteiger partial charge in [-0.2, -0.15) is 5.26 Å². The van der Waals surface area contributed by atoms with Crippen molar-refractivity contribution < 1.29 is 26.7 Å². The Hall–Kier alpha value is -2.17. The van der Waals surface area contributed by atoms with Crippen LogP contribution in [0, 0.1) is 45.8 Å². The zero-order valence-corrected chi connectivity index (χ0v) is 9.75. The first-order valence-corrected chi connectivity index (χ1v) is 4.87. The number of carbonyl (C=O) groups excluding carboxylic acids is 1. The second kappa shape index (κ2) is 4.84. The van der Waals surface area contributed by atoms with Crippen molar-refractivity contribution in [3.05, 3.63) is 29.1 Å². The Morgan fingerprint density at radius 2 is 1.37 bits per heavy atom. The van der Waals surface area contributed by atoms with Gasteiger partial charge in [-0.05, 0) is 13.8 Å². The Morgan fingerprint density at radius 1 is 1.00 bits per heavy atom. The second-order valence-electron chi connectivity index (χ2n) is 4.14. The molecule has 0 fully saturated rings. The Labute approximate surface area is 104 Å². The van der Waals surface area contributed by atoms with Crippen molar-refractivity contribution in [2.75, 3.05) is 5.32 Å². The van der Waals surface area contributed by atoms with Crippen LogP contribution in [0.1, 0.15) is 13.8 Å². The lowest BCUT2D eigenvalue weighted by molar-refractivity contribution is -0.121. The summed E-state index contributed by atoms with van der Waals surface area (Å²) in [6.07, 6.45) is 0. The molecule has 102 valence electrons. The van der Waals surface area contributed by atoms with E-state index in [9.17, 15) is 26.7 Å². The van der Waals surface area contributed by atoms with Gasteiger partial charge in [-0.25, -0.2) is 22.0 Å². The molecule has 0 saturated carbocycles.